The molecule has 3 fully saturated rings. The maximum Gasteiger partial charge on any atom is 0.240 e. The summed E-state index contributed by atoms with van der Waals surface area (Å²) in [5, 5.41) is 0. The van der Waals surface area contributed by atoms with Gasteiger partial charge in [-0.2, -0.15) is 0 Å². The van der Waals surface area contributed by atoms with Crippen LogP contribution in [0.15, 0.2) is 11.1 Å². The van der Waals surface area contributed by atoms with Crippen LogP contribution in [-0.4, -0.2) is 47.4 Å². The lowest BCUT2D eigenvalue weighted by atomic mass is 10.0. The van der Waals surface area contributed by atoms with E-state index in [1.54, 1.807) is 11.1 Å². The molecule has 1 unspecified atom stereocenters. The number of hydrogen-bond acceptors (Lipinski definition) is 2. The smallest absolute Gasteiger partial charge is 0.240 e. The number of nitrogens with zero attached hydrogens (tertiary/aromatic N) is 2. The summed E-state index contributed by atoms with van der Waals surface area (Å²) < 4.78 is 0. The molecule has 1 amide bonds. The molecule has 0 aromatic carbocycles. The second kappa shape index (κ2) is 4.69. The summed E-state index contributed by atoms with van der Waals surface area (Å²) in [6, 6.07) is 0.537. The van der Waals surface area contributed by atoms with Crippen LogP contribution >= 0.6 is 0 Å². The monoisotopic (exact) mass is 248 g/mol. The van der Waals surface area contributed by atoms with Gasteiger partial charge in [0.2, 0.25) is 5.91 Å². The zero-order valence-electron chi connectivity index (χ0n) is 11.6. The van der Waals surface area contributed by atoms with E-state index in [4.69, 9.17) is 0 Å². The Morgan fingerprint density at radius 1 is 1.00 bits per heavy atom. The van der Waals surface area contributed by atoms with Gasteiger partial charge in [-0.15, -0.1) is 0 Å². The normalized spacial score (nSPS) is 29.6. The van der Waals surface area contributed by atoms with E-state index in [2.05, 4.69) is 18.7 Å². The Hall–Kier alpha value is -0.830. The number of carbonyl (C=O) groups excluding carboxylic acids is 1. The maximum absolute atomic E-state index is 12.3. The van der Waals surface area contributed by atoms with Crippen LogP contribution in [0.25, 0.3) is 0 Å². The van der Waals surface area contributed by atoms with Crippen molar-refractivity contribution in [1.29, 1.82) is 0 Å². The molecule has 0 radical (unpaired) electrons. The van der Waals surface area contributed by atoms with Crippen LogP contribution in [0.3, 0.4) is 0 Å². The van der Waals surface area contributed by atoms with Crippen LogP contribution in [0, 0.1) is 0 Å². The zero-order valence-corrected chi connectivity index (χ0v) is 11.6. The first-order valence-corrected chi connectivity index (χ1v) is 7.41. The van der Waals surface area contributed by atoms with Gasteiger partial charge in [0, 0.05) is 25.7 Å². The van der Waals surface area contributed by atoms with E-state index in [0.29, 0.717) is 11.9 Å². The van der Waals surface area contributed by atoms with Gasteiger partial charge in [0.25, 0.3) is 0 Å². The Bertz CT molecular complexity index is 370. The molecule has 0 N–H and O–H groups in total. The second-order valence-corrected chi connectivity index (χ2v) is 6.17. The minimum absolute atomic E-state index is 0.179. The Labute approximate surface area is 110 Å². The summed E-state index contributed by atoms with van der Waals surface area (Å²) in [6.07, 6.45) is 6.14. The van der Waals surface area contributed by atoms with Crippen molar-refractivity contribution in [1.82, 2.24) is 9.80 Å². The van der Waals surface area contributed by atoms with Gasteiger partial charge >= 0.3 is 0 Å². The molecular weight excluding hydrogens is 224 g/mol. The van der Waals surface area contributed by atoms with Crippen molar-refractivity contribution in [2.75, 3.05) is 19.6 Å². The van der Waals surface area contributed by atoms with Gasteiger partial charge in [-0.05, 0) is 46.0 Å². The summed E-state index contributed by atoms with van der Waals surface area (Å²) in [6.45, 7) is 7.38. The summed E-state index contributed by atoms with van der Waals surface area (Å²) in [5.41, 5.74) is 3.42. The van der Waals surface area contributed by atoms with Crippen molar-refractivity contribution in [2.24, 2.45) is 0 Å². The maximum atomic E-state index is 12.3. The lowest BCUT2D eigenvalue weighted by Gasteiger charge is -2.33. The van der Waals surface area contributed by atoms with Gasteiger partial charge in [-0.1, -0.05) is 11.1 Å². The molecule has 1 aliphatic carbocycles. The Morgan fingerprint density at radius 3 is 2.11 bits per heavy atom. The highest BCUT2D eigenvalue weighted by molar-refractivity contribution is 5.84. The van der Waals surface area contributed by atoms with E-state index < -0.39 is 0 Å². The summed E-state index contributed by atoms with van der Waals surface area (Å²) in [5.74, 6) is 0.368. The van der Waals surface area contributed by atoms with Gasteiger partial charge in [0.05, 0.1) is 6.04 Å². The third-order valence-electron chi connectivity index (χ3n) is 4.68. The predicted octanol–water partition coefficient (Wildman–Crippen LogP) is 2.18. The first kappa shape index (κ1) is 12.2. The number of rotatable bonds is 2. The first-order valence-electron chi connectivity index (χ1n) is 7.41. The molecular formula is C15H24N2O. The highest BCUT2D eigenvalue weighted by atomic mass is 16.2. The van der Waals surface area contributed by atoms with E-state index in [1.807, 2.05) is 4.90 Å². The molecule has 18 heavy (non-hydrogen) atoms. The molecule has 2 aliphatic heterocycles. The summed E-state index contributed by atoms with van der Waals surface area (Å²) >= 11 is 0. The standard InChI is InChI=1S/C15H24N2O/c1-11(2)17-10-7-14(15(17)18)16-8-5-13(6-9-16)12-3-4-12/h11,14H,3-10H2,1-2H3. The SMILES string of the molecule is CC(C)N1CCC(N2CCC(=C3CC3)CC2)C1=O. The van der Waals surface area contributed by atoms with Crippen molar-refractivity contribution < 1.29 is 4.79 Å². The molecule has 3 aliphatic rings. The molecule has 3 nitrogen and oxygen atoms in total. The fourth-order valence-electron chi connectivity index (χ4n) is 3.41. The van der Waals surface area contributed by atoms with Crippen LogP contribution in [0.2, 0.25) is 0 Å². The number of hydrogen-bond donors (Lipinski definition) is 0. The van der Waals surface area contributed by atoms with Crippen LogP contribution in [-0.2, 0) is 4.79 Å². The molecule has 3 heteroatoms. The van der Waals surface area contributed by atoms with Gasteiger partial charge in [0.1, 0.15) is 0 Å². The molecule has 3 rings (SSSR count). The fourth-order valence-corrected chi connectivity index (χ4v) is 3.41. The van der Waals surface area contributed by atoms with Crippen molar-refractivity contribution >= 4 is 5.91 Å². The molecule has 100 valence electrons. The van der Waals surface area contributed by atoms with E-state index >= 15 is 0 Å². The van der Waals surface area contributed by atoms with E-state index in [9.17, 15) is 4.79 Å². The van der Waals surface area contributed by atoms with E-state index in [0.717, 1.165) is 26.1 Å². The highest BCUT2D eigenvalue weighted by Crippen LogP contribution is 2.36. The van der Waals surface area contributed by atoms with Crippen LogP contribution in [0.5, 0.6) is 0 Å². The molecule has 1 saturated carbocycles. The molecule has 2 saturated heterocycles. The van der Waals surface area contributed by atoms with Gasteiger partial charge in [-0.25, -0.2) is 0 Å². The third kappa shape index (κ3) is 2.20. The third-order valence-corrected chi connectivity index (χ3v) is 4.68. The van der Waals surface area contributed by atoms with Gasteiger partial charge < -0.3 is 4.90 Å². The Kier molecular flexibility index (Phi) is 3.18. The molecule has 1 atom stereocenters. The lowest BCUT2D eigenvalue weighted by molar-refractivity contribution is -0.133. The molecule has 0 bridgehead atoms. The van der Waals surface area contributed by atoms with E-state index in [1.165, 1.54) is 25.7 Å². The number of carbonyl (C=O) groups is 1. The minimum atomic E-state index is 0.179. The average Bonchev–Trinajstić information content (AvgIpc) is 3.13. The van der Waals surface area contributed by atoms with Crippen molar-refractivity contribution in [3.8, 4) is 0 Å². The second-order valence-electron chi connectivity index (χ2n) is 6.17. The summed E-state index contributed by atoms with van der Waals surface area (Å²) in [7, 11) is 0. The lowest BCUT2D eigenvalue weighted by Crippen LogP contribution is -2.45. The molecule has 0 aromatic heterocycles. The zero-order chi connectivity index (χ0) is 12.7. The fraction of sp³-hybridized carbons (Fsp3) is 0.800. The molecule has 2 heterocycles. The number of piperidine rings is 1. The first-order chi connectivity index (χ1) is 8.66. The molecule has 0 aromatic rings. The number of allylic oxidation sites excluding steroid dienone is 1. The van der Waals surface area contributed by atoms with Crippen molar-refractivity contribution in [3.63, 3.8) is 0 Å². The van der Waals surface area contributed by atoms with Gasteiger partial charge in [0.15, 0.2) is 0 Å². The Morgan fingerprint density at radius 2 is 1.61 bits per heavy atom. The quantitative estimate of drug-likeness (QED) is 0.699. The number of amides is 1. The minimum Gasteiger partial charge on any atom is -0.339 e. The van der Waals surface area contributed by atoms with Crippen molar-refractivity contribution in [3.05, 3.63) is 11.1 Å². The Balaban J connectivity index is 1.60. The van der Waals surface area contributed by atoms with Gasteiger partial charge in [-0.3, -0.25) is 9.69 Å². The average molecular weight is 248 g/mol. The highest BCUT2D eigenvalue weighted by Gasteiger charge is 2.38. The van der Waals surface area contributed by atoms with E-state index in [-0.39, 0.29) is 6.04 Å². The van der Waals surface area contributed by atoms with Crippen LogP contribution in [0.1, 0.15) is 46.0 Å². The predicted molar refractivity (Wildman–Crippen MR) is 72.3 cm³/mol. The topological polar surface area (TPSA) is 23.6 Å². The van der Waals surface area contributed by atoms with Crippen LogP contribution < -0.4 is 0 Å². The molecule has 0 spiro atoms. The van der Waals surface area contributed by atoms with Crippen LogP contribution in [0.4, 0.5) is 0 Å². The summed E-state index contributed by atoms with van der Waals surface area (Å²) in [4.78, 5) is 16.8. The number of likely N-dealkylation sites (tertiary alicyclic amines) is 2. The van der Waals surface area contributed by atoms with Crippen molar-refractivity contribution in [2.45, 2.75) is 58.0 Å². The largest absolute Gasteiger partial charge is 0.339 e.